The van der Waals surface area contributed by atoms with Crippen molar-refractivity contribution in [1.29, 1.82) is 0 Å². The molecule has 0 aromatic heterocycles. The van der Waals surface area contributed by atoms with Crippen molar-refractivity contribution in [2.45, 2.75) is 71.4 Å². The molecule has 1 aliphatic heterocycles. The van der Waals surface area contributed by atoms with Crippen molar-refractivity contribution in [2.24, 2.45) is 11.8 Å². The van der Waals surface area contributed by atoms with Crippen LogP contribution in [0.3, 0.4) is 0 Å². The van der Waals surface area contributed by atoms with Gasteiger partial charge in [-0.1, -0.05) is 33.6 Å². The number of carbonyl (C=O) groups is 2. The summed E-state index contributed by atoms with van der Waals surface area (Å²) in [6, 6.07) is 0.0239. The van der Waals surface area contributed by atoms with Crippen molar-refractivity contribution in [3.05, 3.63) is 0 Å². The third-order valence-electron chi connectivity index (χ3n) is 4.55. The largest absolute Gasteiger partial charge is 0.344 e. The predicted octanol–water partition coefficient (Wildman–Crippen LogP) is 2.33. The molecule has 2 amide bonds. The third kappa shape index (κ3) is 3.74. The molecule has 0 radical (unpaired) electrons. The SMILES string of the molecule is CC(C)CC1NC(=O)CCN(C2CCCC(C)C2)C1=O. The Morgan fingerprint density at radius 3 is 2.70 bits per heavy atom. The van der Waals surface area contributed by atoms with Gasteiger partial charge in [0, 0.05) is 19.0 Å². The number of hydrogen-bond acceptors (Lipinski definition) is 2. The van der Waals surface area contributed by atoms with E-state index in [1.807, 2.05) is 4.90 Å². The molecular weight excluding hydrogens is 252 g/mol. The van der Waals surface area contributed by atoms with Crippen LogP contribution in [-0.4, -0.2) is 35.3 Å². The molecule has 3 atom stereocenters. The van der Waals surface area contributed by atoms with Crippen molar-refractivity contribution in [3.63, 3.8) is 0 Å². The van der Waals surface area contributed by atoms with E-state index in [1.165, 1.54) is 12.8 Å². The molecule has 0 aromatic rings. The Balaban J connectivity index is 2.10. The van der Waals surface area contributed by atoms with Gasteiger partial charge in [-0.25, -0.2) is 0 Å². The summed E-state index contributed by atoms with van der Waals surface area (Å²) < 4.78 is 0. The van der Waals surface area contributed by atoms with Crippen LogP contribution < -0.4 is 5.32 Å². The number of hydrogen-bond donors (Lipinski definition) is 1. The van der Waals surface area contributed by atoms with Gasteiger partial charge in [-0.2, -0.15) is 0 Å². The fourth-order valence-electron chi connectivity index (χ4n) is 3.54. The predicted molar refractivity (Wildman–Crippen MR) is 79.1 cm³/mol. The number of nitrogens with zero attached hydrogens (tertiary/aromatic N) is 1. The summed E-state index contributed by atoms with van der Waals surface area (Å²) in [5, 5.41) is 2.91. The minimum Gasteiger partial charge on any atom is -0.344 e. The van der Waals surface area contributed by atoms with Crippen molar-refractivity contribution in [2.75, 3.05) is 6.54 Å². The molecule has 3 unspecified atom stereocenters. The van der Waals surface area contributed by atoms with Crippen LogP contribution in [-0.2, 0) is 9.59 Å². The van der Waals surface area contributed by atoms with Gasteiger partial charge in [-0.15, -0.1) is 0 Å². The van der Waals surface area contributed by atoms with Crippen LogP contribution in [0.5, 0.6) is 0 Å². The molecule has 0 bridgehead atoms. The van der Waals surface area contributed by atoms with E-state index in [2.05, 4.69) is 26.1 Å². The van der Waals surface area contributed by atoms with E-state index in [0.29, 0.717) is 30.8 Å². The molecule has 2 fully saturated rings. The summed E-state index contributed by atoms with van der Waals surface area (Å²) in [5.41, 5.74) is 0. The van der Waals surface area contributed by atoms with Gasteiger partial charge in [-0.05, 0) is 31.1 Å². The van der Waals surface area contributed by atoms with E-state index in [-0.39, 0.29) is 17.9 Å². The van der Waals surface area contributed by atoms with Crippen molar-refractivity contribution in [3.8, 4) is 0 Å². The molecule has 20 heavy (non-hydrogen) atoms. The Hall–Kier alpha value is -1.06. The van der Waals surface area contributed by atoms with E-state index >= 15 is 0 Å². The normalized spacial score (nSPS) is 32.2. The smallest absolute Gasteiger partial charge is 0.245 e. The number of nitrogens with one attached hydrogen (secondary N) is 1. The first kappa shape index (κ1) is 15.3. The van der Waals surface area contributed by atoms with Crippen LogP contribution in [0.2, 0.25) is 0 Å². The molecule has 1 heterocycles. The topological polar surface area (TPSA) is 49.4 Å². The minimum atomic E-state index is -0.317. The second-order valence-electron chi connectivity index (χ2n) is 6.96. The Morgan fingerprint density at radius 2 is 2.05 bits per heavy atom. The number of amides is 2. The van der Waals surface area contributed by atoms with E-state index in [1.54, 1.807) is 0 Å². The van der Waals surface area contributed by atoms with E-state index < -0.39 is 0 Å². The van der Waals surface area contributed by atoms with Gasteiger partial charge < -0.3 is 10.2 Å². The molecule has 0 aromatic carbocycles. The molecule has 114 valence electrons. The highest BCUT2D eigenvalue weighted by Gasteiger charge is 2.35. The maximum absolute atomic E-state index is 12.7. The molecular formula is C16H28N2O2. The first-order valence-electron chi connectivity index (χ1n) is 8.07. The second kappa shape index (κ2) is 6.59. The zero-order valence-corrected chi connectivity index (χ0v) is 13.0. The average Bonchev–Trinajstić information content (AvgIpc) is 2.49. The molecule has 2 aliphatic rings. The lowest BCUT2D eigenvalue weighted by molar-refractivity contribution is -0.136. The van der Waals surface area contributed by atoms with Crippen molar-refractivity contribution < 1.29 is 9.59 Å². The maximum Gasteiger partial charge on any atom is 0.245 e. The molecule has 4 nitrogen and oxygen atoms in total. The van der Waals surface area contributed by atoms with Crippen LogP contribution in [0.4, 0.5) is 0 Å². The molecule has 1 saturated carbocycles. The zero-order valence-electron chi connectivity index (χ0n) is 13.0. The van der Waals surface area contributed by atoms with Gasteiger partial charge in [0.15, 0.2) is 0 Å². The summed E-state index contributed by atoms with van der Waals surface area (Å²) in [7, 11) is 0. The summed E-state index contributed by atoms with van der Waals surface area (Å²) in [4.78, 5) is 26.6. The highest BCUT2D eigenvalue weighted by molar-refractivity contribution is 5.90. The second-order valence-corrected chi connectivity index (χ2v) is 6.96. The van der Waals surface area contributed by atoms with Gasteiger partial charge in [0.1, 0.15) is 6.04 Å². The van der Waals surface area contributed by atoms with Crippen LogP contribution in [0.1, 0.15) is 59.3 Å². The third-order valence-corrected chi connectivity index (χ3v) is 4.55. The lowest BCUT2D eigenvalue weighted by Crippen LogP contribution is -2.50. The highest BCUT2D eigenvalue weighted by Crippen LogP contribution is 2.28. The minimum absolute atomic E-state index is 0.0235. The highest BCUT2D eigenvalue weighted by atomic mass is 16.2. The first-order chi connectivity index (χ1) is 9.47. The van der Waals surface area contributed by atoms with Crippen LogP contribution in [0.15, 0.2) is 0 Å². The van der Waals surface area contributed by atoms with Gasteiger partial charge in [0.05, 0.1) is 0 Å². The average molecular weight is 280 g/mol. The van der Waals surface area contributed by atoms with Crippen LogP contribution >= 0.6 is 0 Å². The van der Waals surface area contributed by atoms with E-state index in [9.17, 15) is 9.59 Å². The quantitative estimate of drug-likeness (QED) is 0.862. The lowest BCUT2D eigenvalue weighted by atomic mass is 9.86. The number of rotatable bonds is 3. The van der Waals surface area contributed by atoms with Gasteiger partial charge >= 0.3 is 0 Å². The Morgan fingerprint density at radius 1 is 1.30 bits per heavy atom. The standard InChI is InChI=1S/C16H28N2O2/c1-11(2)9-14-16(20)18(8-7-15(19)17-14)13-6-4-5-12(3)10-13/h11-14H,4-10H2,1-3H3,(H,17,19). The summed E-state index contributed by atoms with van der Waals surface area (Å²) in [6.07, 6.45) is 5.85. The Bertz CT molecular complexity index is 367. The molecule has 1 N–H and O–H groups in total. The molecule has 2 rings (SSSR count). The molecule has 1 saturated heterocycles. The van der Waals surface area contributed by atoms with Gasteiger partial charge in [-0.3, -0.25) is 9.59 Å². The first-order valence-corrected chi connectivity index (χ1v) is 8.07. The summed E-state index contributed by atoms with van der Waals surface area (Å²) in [5.74, 6) is 1.27. The fourth-order valence-corrected chi connectivity index (χ4v) is 3.54. The fraction of sp³-hybridized carbons (Fsp3) is 0.875. The van der Waals surface area contributed by atoms with Crippen molar-refractivity contribution in [1.82, 2.24) is 10.2 Å². The number of carbonyl (C=O) groups excluding carboxylic acids is 2. The zero-order chi connectivity index (χ0) is 14.7. The monoisotopic (exact) mass is 280 g/mol. The molecule has 1 aliphatic carbocycles. The van der Waals surface area contributed by atoms with E-state index in [0.717, 1.165) is 19.3 Å². The molecule has 4 heteroatoms. The van der Waals surface area contributed by atoms with Crippen LogP contribution in [0, 0.1) is 11.8 Å². The molecule has 0 spiro atoms. The van der Waals surface area contributed by atoms with Gasteiger partial charge in [0.2, 0.25) is 11.8 Å². The van der Waals surface area contributed by atoms with Crippen LogP contribution in [0.25, 0.3) is 0 Å². The van der Waals surface area contributed by atoms with Crippen molar-refractivity contribution >= 4 is 11.8 Å². The Labute approximate surface area is 122 Å². The maximum atomic E-state index is 12.7. The Kier molecular flexibility index (Phi) is 5.06. The van der Waals surface area contributed by atoms with Gasteiger partial charge in [0.25, 0.3) is 0 Å². The van der Waals surface area contributed by atoms with E-state index in [4.69, 9.17) is 0 Å². The lowest BCUT2D eigenvalue weighted by Gasteiger charge is -2.37. The summed E-state index contributed by atoms with van der Waals surface area (Å²) in [6.45, 7) is 7.05. The summed E-state index contributed by atoms with van der Waals surface area (Å²) >= 11 is 0.